The zero-order valence-electron chi connectivity index (χ0n) is 5.23. The molecule has 1 atom stereocenters. The molecular weight excluding hydrogens is 168 g/mol. The van der Waals surface area contributed by atoms with Crippen LogP contribution < -0.4 is 0 Å². The standard InChI is InChI=1S/C6H13BrO/c1-6(8)4-2-3-5-7/h6,8H,2-5H2,1H3. The maximum Gasteiger partial charge on any atom is 0.0512 e. The summed E-state index contributed by atoms with van der Waals surface area (Å²) >= 11 is 3.32. The van der Waals surface area contributed by atoms with E-state index in [1.807, 2.05) is 6.92 Å². The second-order valence-electron chi connectivity index (χ2n) is 2.03. The van der Waals surface area contributed by atoms with E-state index in [0.717, 1.165) is 18.2 Å². The molecule has 0 heterocycles. The largest absolute Gasteiger partial charge is 0.393 e. The Morgan fingerprint density at radius 2 is 2.12 bits per heavy atom. The molecule has 0 amide bonds. The third kappa shape index (κ3) is 6.44. The van der Waals surface area contributed by atoms with Crippen LogP contribution in [0.3, 0.4) is 0 Å². The zero-order chi connectivity index (χ0) is 6.41. The second kappa shape index (κ2) is 5.57. The van der Waals surface area contributed by atoms with Crippen molar-refractivity contribution in [2.24, 2.45) is 0 Å². The molecule has 0 saturated carbocycles. The molecule has 0 radical (unpaired) electrons. The van der Waals surface area contributed by atoms with Gasteiger partial charge in [-0.1, -0.05) is 22.4 Å². The lowest BCUT2D eigenvalue weighted by Crippen LogP contribution is -1.98. The number of hydrogen-bond acceptors (Lipinski definition) is 1. The summed E-state index contributed by atoms with van der Waals surface area (Å²) < 4.78 is 0. The highest BCUT2D eigenvalue weighted by Gasteiger charge is 1.92. The molecule has 1 unspecified atom stereocenters. The van der Waals surface area contributed by atoms with E-state index in [0.29, 0.717) is 0 Å². The molecule has 0 aromatic rings. The van der Waals surface area contributed by atoms with Gasteiger partial charge in [0.1, 0.15) is 0 Å². The summed E-state index contributed by atoms with van der Waals surface area (Å²) in [6.45, 7) is 1.83. The quantitative estimate of drug-likeness (QED) is 0.519. The third-order valence-electron chi connectivity index (χ3n) is 1.01. The van der Waals surface area contributed by atoms with Crippen LogP contribution in [0, 0.1) is 0 Å². The van der Waals surface area contributed by atoms with Gasteiger partial charge >= 0.3 is 0 Å². The minimum Gasteiger partial charge on any atom is -0.393 e. The smallest absolute Gasteiger partial charge is 0.0512 e. The van der Waals surface area contributed by atoms with Gasteiger partial charge in [0.05, 0.1) is 6.10 Å². The molecule has 0 fully saturated rings. The predicted molar refractivity (Wildman–Crippen MR) is 39.3 cm³/mol. The van der Waals surface area contributed by atoms with E-state index >= 15 is 0 Å². The van der Waals surface area contributed by atoms with E-state index in [1.54, 1.807) is 0 Å². The lowest BCUT2D eigenvalue weighted by atomic mass is 10.2. The minimum atomic E-state index is -0.117. The van der Waals surface area contributed by atoms with Gasteiger partial charge in [-0.05, 0) is 19.8 Å². The number of alkyl halides is 1. The van der Waals surface area contributed by atoms with Crippen molar-refractivity contribution in [3.05, 3.63) is 0 Å². The summed E-state index contributed by atoms with van der Waals surface area (Å²) in [5.74, 6) is 0. The van der Waals surface area contributed by atoms with Gasteiger partial charge in [-0.2, -0.15) is 0 Å². The Kier molecular flexibility index (Phi) is 5.88. The summed E-state index contributed by atoms with van der Waals surface area (Å²) in [4.78, 5) is 0. The van der Waals surface area contributed by atoms with Gasteiger partial charge in [0.2, 0.25) is 0 Å². The molecule has 0 rings (SSSR count). The highest BCUT2D eigenvalue weighted by atomic mass is 79.9. The first-order valence-electron chi connectivity index (χ1n) is 3.01. The number of rotatable bonds is 4. The van der Waals surface area contributed by atoms with Crippen LogP contribution >= 0.6 is 15.9 Å². The van der Waals surface area contributed by atoms with Crippen LogP contribution in [0.15, 0.2) is 0 Å². The first kappa shape index (κ1) is 8.44. The van der Waals surface area contributed by atoms with Crippen molar-refractivity contribution in [1.82, 2.24) is 0 Å². The van der Waals surface area contributed by atoms with Crippen LogP contribution in [0.5, 0.6) is 0 Å². The van der Waals surface area contributed by atoms with Gasteiger partial charge in [0, 0.05) is 5.33 Å². The molecule has 0 bridgehead atoms. The van der Waals surface area contributed by atoms with Crippen molar-refractivity contribution in [3.8, 4) is 0 Å². The second-order valence-corrected chi connectivity index (χ2v) is 2.83. The Balaban J connectivity index is 2.72. The van der Waals surface area contributed by atoms with Crippen molar-refractivity contribution >= 4 is 15.9 Å². The summed E-state index contributed by atoms with van der Waals surface area (Å²) in [7, 11) is 0. The Morgan fingerprint density at radius 3 is 2.50 bits per heavy atom. The lowest BCUT2D eigenvalue weighted by molar-refractivity contribution is 0.181. The molecule has 0 aromatic carbocycles. The average molecular weight is 181 g/mol. The highest BCUT2D eigenvalue weighted by molar-refractivity contribution is 9.09. The van der Waals surface area contributed by atoms with E-state index in [1.165, 1.54) is 6.42 Å². The van der Waals surface area contributed by atoms with Crippen LogP contribution in [0.1, 0.15) is 26.2 Å². The maximum absolute atomic E-state index is 8.76. The van der Waals surface area contributed by atoms with Crippen LogP contribution in [0.25, 0.3) is 0 Å². The lowest BCUT2D eigenvalue weighted by Gasteiger charge is -1.99. The van der Waals surface area contributed by atoms with Gasteiger partial charge < -0.3 is 5.11 Å². The number of unbranched alkanes of at least 4 members (excludes halogenated alkanes) is 1. The van der Waals surface area contributed by atoms with Crippen molar-refractivity contribution < 1.29 is 5.11 Å². The third-order valence-corrected chi connectivity index (χ3v) is 1.57. The Labute approximate surface area is 59.2 Å². The van der Waals surface area contributed by atoms with Gasteiger partial charge in [-0.25, -0.2) is 0 Å². The van der Waals surface area contributed by atoms with Gasteiger partial charge in [0.15, 0.2) is 0 Å². The molecule has 0 aliphatic heterocycles. The number of aliphatic hydroxyl groups excluding tert-OH is 1. The average Bonchev–Trinajstić information content (AvgIpc) is 1.66. The molecular formula is C6H13BrO. The monoisotopic (exact) mass is 180 g/mol. The van der Waals surface area contributed by atoms with Gasteiger partial charge in [0.25, 0.3) is 0 Å². The van der Waals surface area contributed by atoms with Crippen LogP contribution in [-0.2, 0) is 0 Å². The first-order chi connectivity index (χ1) is 3.77. The number of aliphatic hydroxyl groups is 1. The van der Waals surface area contributed by atoms with E-state index in [4.69, 9.17) is 5.11 Å². The summed E-state index contributed by atoms with van der Waals surface area (Å²) in [5.41, 5.74) is 0. The summed E-state index contributed by atoms with van der Waals surface area (Å²) in [6.07, 6.45) is 3.12. The van der Waals surface area contributed by atoms with E-state index in [9.17, 15) is 0 Å². The summed E-state index contributed by atoms with van der Waals surface area (Å²) in [6, 6.07) is 0. The minimum absolute atomic E-state index is 0.117. The fourth-order valence-corrected chi connectivity index (χ4v) is 0.931. The Bertz CT molecular complexity index is 45.8. The van der Waals surface area contributed by atoms with Crippen molar-refractivity contribution in [3.63, 3.8) is 0 Å². The van der Waals surface area contributed by atoms with E-state index in [2.05, 4.69) is 15.9 Å². The highest BCUT2D eigenvalue weighted by Crippen LogP contribution is 2.01. The van der Waals surface area contributed by atoms with Crippen LogP contribution in [-0.4, -0.2) is 16.5 Å². The van der Waals surface area contributed by atoms with Gasteiger partial charge in [-0.15, -0.1) is 0 Å². The van der Waals surface area contributed by atoms with Crippen molar-refractivity contribution in [2.75, 3.05) is 5.33 Å². The molecule has 0 saturated heterocycles. The number of halogens is 1. The van der Waals surface area contributed by atoms with E-state index in [-0.39, 0.29) is 6.10 Å². The first-order valence-corrected chi connectivity index (χ1v) is 4.13. The van der Waals surface area contributed by atoms with Crippen LogP contribution in [0.4, 0.5) is 0 Å². The van der Waals surface area contributed by atoms with Crippen molar-refractivity contribution in [2.45, 2.75) is 32.3 Å². The van der Waals surface area contributed by atoms with Crippen molar-refractivity contribution in [1.29, 1.82) is 0 Å². The maximum atomic E-state index is 8.76. The molecule has 0 spiro atoms. The van der Waals surface area contributed by atoms with E-state index < -0.39 is 0 Å². The fourth-order valence-electron chi connectivity index (χ4n) is 0.534. The molecule has 1 nitrogen and oxygen atoms in total. The Morgan fingerprint density at radius 1 is 1.50 bits per heavy atom. The summed E-state index contributed by atoms with van der Waals surface area (Å²) in [5, 5.41) is 9.82. The molecule has 0 aromatic heterocycles. The molecule has 50 valence electrons. The fraction of sp³-hybridized carbons (Fsp3) is 1.00. The zero-order valence-corrected chi connectivity index (χ0v) is 6.82. The molecule has 1 N–H and O–H groups in total. The molecule has 2 heteroatoms. The molecule has 8 heavy (non-hydrogen) atoms. The Hall–Kier alpha value is 0.440. The molecule has 0 aliphatic rings. The topological polar surface area (TPSA) is 20.2 Å². The normalized spacial score (nSPS) is 13.9. The predicted octanol–water partition coefficient (Wildman–Crippen LogP) is 1.93. The SMILES string of the molecule is CC(O)CCCCBr. The number of hydrogen-bond donors (Lipinski definition) is 1. The van der Waals surface area contributed by atoms with Crippen LogP contribution in [0.2, 0.25) is 0 Å². The van der Waals surface area contributed by atoms with Gasteiger partial charge in [-0.3, -0.25) is 0 Å². The molecule has 0 aliphatic carbocycles.